The van der Waals surface area contributed by atoms with Gasteiger partial charge in [-0.2, -0.15) is 0 Å². The molecule has 2 rings (SSSR count). The van der Waals surface area contributed by atoms with E-state index in [1.807, 2.05) is 37.3 Å². The Morgan fingerprint density at radius 3 is 2.43 bits per heavy atom. The van der Waals surface area contributed by atoms with E-state index in [0.29, 0.717) is 17.9 Å². The molecular formula is C17H21N3O. The minimum atomic E-state index is -0.0503. The number of nitrogens with one attached hydrogen (secondary N) is 1. The van der Waals surface area contributed by atoms with Crippen LogP contribution in [-0.4, -0.2) is 23.9 Å². The van der Waals surface area contributed by atoms with E-state index < -0.39 is 0 Å². The molecule has 0 aromatic heterocycles. The van der Waals surface area contributed by atoms with Crippen molar-refractivity contribution in [1.29, 1.82) is 0 Å². The van der Waals surface area contributed by atoms with Gasteiger partial charge in [-0.15, -0.1) is 0 Å². The number of amides is 1. The van der Waals surface area contributed by atoms with Gasteiger partial charge in [-0.05, 0) is 24.2 Å². The average molecular weight is 283 g/mol. The van der Waals surface area contributed by atoms with E-state index in [2.05, 4.69) is 22.3 Å². The number of carbonyl (C=O) groups is 1. The van der Waals surface area contributed by atoms with Crippen LogP contribution in [0.2, 0.25) is 0 Å². The molecule has 3 N–H and O–H groups in total. The van der Waals surface area contributed by atoms with Gasteiger partial charge in [0.25, 0.3) is 0 Å². The lowest BCUT2D eigenvalue weighted by Gasteiger charge is -2.20. The molecule has 21 heavy (non-hydrogen) atoms. The van der Waals surface area contributed by atoms with Gasteiger partial charge in [0.1, 0.15) is 0 Å². The number of likely N-dealkylation sites (N-methyl/N-ethyl adjacent to an activating group) is 1. The Hall–Kier alpha value is -2.33. The van der Waals surface area contributed by atoms with Crippen LogP contribution < -0.4 is 11.1 Å². The molecule has 0 atom stereocenters. The van der Waals surface area contributed by atoms with E-state index in [1.54, 1.807) is 12.1 Å². The standard InChI is InChI=1S/C17H21N3O/c1-2-20(12-14-8-4-3-5-9-14)13-17(21)19-16-11-7-6-10-15(16)18/h3-11H,2,12-13,18H2,1H3,(H,19,21). The molecule has 0 spiro atoms. The summed E-state index contributed by atoms with van der Waals surface area (Å²) < 4.78 is 0. The maximum absolute atomic E-state index is 12.1. The smallest absolute Gasteiger partial charge is 0.238 e. The van der Waals surface area contributed by atoms with Crippen LogP contribution in [-0.2, 0) is 11.3 Å². The summed E-state index contributed by atoms with van der Waals surface area (Å²) in [7, 11) is 0. The minimum absolute atomic E-state index is 0.0503. The summed E-state index contributed by atoms with van der Waals surface area (Å²) in [5.41, 5.74) is 8.27. The third-order valence-electron chi connectivity index (χ3n) is 3.30. The van der Waals surface area contributed by atoms with Crippen LogP contribution in [0.15, 0.2) is 54.6 Å². The molecule has 4 nitrogen and oxygen atoms in total. The highest BCUT2D eigenvalue weighted by Gasteiger charge is 2.10. The molecule has 4 heteroatoms. The fourth-order valence-corrected chi connectivity index (χ4v) is 2.12. The first-order valence-electron chi connectivity index (χ1n) is 7.09. The molecule has 0 bridgehead atoms. The fourth-order valence-electron chi connectivity index (χ4n) is 2.12. The Morgan fingerprint density at radius 1 is 1.10 bits per heavy atom. The first kappa shape index (κ1) is 15.1. The summed E-state index contributed by atoms with van der Waals surface area (Å²) in [4.78, 5) is 14.2. The van der Waals surface area contributed by atoms with Crippen LogP contribution in [0.4, 0.5) is 11.4 Å². The normalized spacial score (nSPS) is 10.6. The predicted octanol–water partition coefficient (Wildman–Crippen LogP) is 2.73. The van der Waals surface area contributed by atoms with Gasteiger partial charge in [0, 0.05) is 6.54 Å². The predicted molar refractivity (Wildman–Crippen MR) is 86.9 cm³/mol. The highest BCUT2D eigenvalue weighted by molar-refractivity contribution is 5.95. The largest absolute Gasteiger partial charge is 0.397 e. The second-order valence-corrected chi connectivity index (χ2v) is 4.92. The van der Waals surface area contributed by atoms with Gasteiger partial charge in [-0.1, -0.05) is 49.4 Å². The second kappa shape index (κ2) is 7.45. The molecule has 2 aromatic rings. The lowest BCUT2D eigenvalue weighted by atomic mass is 10.2. The molecule has 0 aliphatic heterocycles. The van der Waals surface area contributed by atoms with Crippen LogP contribution in [0, 0.1) is 0 Å². The van der Waals surface area contributed by atoms with Crippen molar-refractivity contribution in [3.63, 3.8) is 0 Å². The van der Waals surface area contributed by atoms with E-state index in [0.717, 1.165) is 13.1 Å². The summed E-state index contributed by atoms with van der Waals surface area (Å²) in [5, 5.41) is 2.86. The van der Waals surface area contributed by atoms with E-state index in [9.17, 15) is 4.79 Å². The number of nitrogen functional groups attached to an aromatic ring is 1. The van der Waals surface area contributed by atoms with Crippen molar-refractivity contribution < 1.29 is 4.79 Å². The lowest BCUT2D eigenvalue weighted by molar-refractivity contribution is -0.117. The Labute approximate surface area is 125 Å². The quantitative estimate of drug-likeness (QED) is 0.801. The number of anilines is 2. The van der Waals surface area contributed by atoms with Crippen molar-refractivity contribution in [3.8, 4) is 0 Å². The van der Waals surface area contributed by atoms with Crippen LogP contribution in [0.3, 0.4) is 0 Å². The van der Waals surface area contributed by atoms with Crippen LogP contribution in [0.5, 0.6) is 0 Å². The minimum Gasteiger partial charge on any atom is -0.397 e. The van der Waals surface area contributed by atoms with E-state index >= 15 is 0 Å². The number of benzene rings is 2. The number of hydrogen-bond acceptors (Lipinski definition) is 3. The third-order valence-corrected chi connectivity index (χ3v) is 3.30. The SMILES string of the molecule is CCN(CC(=O)Nc1ccccc1N)Cc1ccccc1. The Balaban J connectivity index is 1.92. The van der Waals surface area contributed by atoms with Crippen molar-refractivity contribution in [1.82, 2.24) is 4.90 Å². The second-order valence-electron chi connectivity index (χ2n) is 4.92. The van der Waals surface area contributed by atoms with Crippen LogP contribution >= 0.6 is 0 Å². The molecule has 0 fully saturated rings. The molecule has 0 aliphatic rings. The number of nitrogens with zero attached hydrogens (tertiary/aromatic N) is 1. The molecule has 0 saturated heterocycles. The molecule has 1 amide bonds. The summed E-state index contributed by atoms with van der Waals surface area (Å²) in [5.74, 6) is -0.0503. The van der Waals surface area contributed by atoms with Crippen molar-refractivity contribution in [2.75, 3.05) is 24.1 Å². The topological polar surface area (TPSA) is 58.4 Å². The highest BCUT2D eigenvalue weighted by atomic mass is 16.2. The van der Waals surface area contributed by atoms with E-state index in [-0.39, 0.29) is 5.91 Å². The van der Waals surface area contributed by atoms with Crippen LogP contribution in [0.1, 0.15) is 12.5 Å². The van der Waals surface area contributed by atoms with E-state index in [1.165, 1.54) is 5.56 Å². The zero-order valence-electron chi connectivity index (χ0n) is 12.3. The molecule has 0 unspecified atom stereocenters. The number of hydrogen-bond donors (Lipinski definition) is 2. The van der Waals surface area contributed by atoms with Gasteiger partial charge in [-0.25, -0.2) is 0 Å². The van der Waals surface area contributed by atoms with Gasteiger partial charge in [0.2, 0.25) is 5.91 Å². The maximum atomic E-state index is 12.1. The van der Waals surface area contributed by atoms with Crippen molar-refractivity contribution >= 4 is 17.3 Å². The summed E-state index contributed by atoms with van der Waals surface area (Å²) >= 11 is 0. The highest BCUT2D eigenvalue weighted by Crippen LogP contribution is 2.16. The summed E-state index contributed by atoms with van der Waals surface area (Å²) in [6.45, 7) is 3.97. The molecule has 110 valence electrons. The fraction of sp³-hybridized carbons (Fsp3) is 0.235. The molecular weight excluding hydrogens is 262 g/mol. The Bertz CT molecular complexity index is 584. The van der Waals surface area contributed by atoms with Crippen molar-refractivity contribution in [2.24, 2.45) is 0 Å². The molecule has 2 aromatic carbocycles. The first-order valence-corrected chi connectivity index (χ1v) is 7.09. The van der Waals surface area contributed by atoms with Gasteiger partial charge in [-0.3, -0.25) is 9.69 Å². The van der Waals surface area contributed by atoms with Gasteiger partial charge < -0.3 is 11.1 Å². The van der Waals surface area contributed by atoms with Gasteiger partial charge in [0.15, 0.2) is 0 Å². The Morgan fingerprint density at radius 2 is 1.76 bits per heavy atom. The summed E-state index contributed by atoms with van der Waals surface area (Å²) in [6, 6.07) is 17.4. The molecule has 0 radical (unpaired) electrons. The number of nitrogens with two attached hydrogens (primary N) is 1. The molecule has 0 aliphatic carbocycles. The van der Waals surface area contributed by atoms with Gasteiger partial charge >= 0.3 is 0 Å². The van der Waals surface area contributed by atoms with Gasteiger partial charge in [0.05, 0.1) is 17.9 Å². The number of para-hydroxylation sites is 2. The van der Waals surface area contributed by atoms with Crippen molar-refractivity contribution in [3.05, 3.63) is 60.2 Å². The first-order chi connectivity index (χ1) is 10.2. The molecule has 0 heterocycles. The zero-order valence-corrected chi connectivity index (χ0v) is 12.3. The Kier molecular flexibility index (Phi) is 5.35. The summed E-state index contributed by atoms with van der Waals surface area (Å²) in [6.07, 6.45) is 0. The maximum Gasteiger partial charge on any atom is 0.238 e. The number of rotatable bonds is 6. The van der Waals surface area contributed by atoms with Crippen molar-refractivity contribution in [2.45, 2.75) is 13.5 Å². The number of carbonyl (C=O) groups excluding carboxylic acids is 1. The average Bonchev–Trinajstić information content (AvgIpc) is 2.50. The lowest BCUT2D eigenvalue weighted by Crippen LogP contribution is -2.32. The zero-order chi connectivity index (χ0) is 15.1. The third kappa shape index (κ3) is 4.61. The molecule has 0 saturated carbocycles. The van der Waals surface area contributed by atoms with E-state index in [4.69, 9.17) is 5.73 Å². The monoisotopic (exact) mass is 283 g/mol. The van der Waals surface area contributed by atoms with Crippen LogP contribution in [0.25, 0.3) is 0 Å².